The van der Waals surface area contributed by atoms with E-state index in [-0.39, 0.29) is 0 Å². The van der Waals surface area contributed by atoms with Gasteiger partial charge in [-0.05, 0) is 31.5 Å². The lowest BCUT2D eigenvalue weighted by Gasteiger charge is -2.21. The number of aromatic nitrogens is 2. The molecule has 1 aromatic heterocycles. The lowest BCUT2D eigenvalue weighted by molar-refractivity contribution is 0.357. The molecule has 0 saturated heterocycles. The average Bonchev–Trinajstić information content (AvgIpc) is 2.57. The number of aliphatic imine (C=N–C) groups is 1. The van der Waals surface area contributed by atoms with Crippen molar-refractivity contribution < 1.29 is 4.74 Å². The third-order valence-corrected chi connectivity index (χ3v) is 3.74. The molecule has 0 spiro atoms. The topological polar surface area (TPSA) is 76.6 Å². The molecule has 0 atom stereocenters. The Hall–Kier alpha value is -2.63. The van der Waals surface area contributed by atoms with Crippen molar-refractivity contribution >= 4 is 22.9 Å². The van der Waals surface area contributed by atoms with Gasteiger partial charge in [0.2, 0.25) is 5.88 Å². The maximum absolute atomic E-state index is 5.84. The zero-order chi connectivity index (χ0) is 15.5. The van der Waals surface area contributed by atoms with Gasteiger partial charge in [0, 0.05) is 18.8 Å². The van der Waals surface area contributed by atoms with Gasteiger partial charge in [-0.3, -0.25) is 0 Å². The predicted molar refractivity (Wildman–Crippen MR) is 88.1 cm³/mol. The molecule has 0 aliphatic carbocycles. The highest BCUT2D eigenvalue weighted by Gasteiger charge is 2.18. The molecule has 3 rings (SSSR count). The van der Waals surface area contributed by atoms with E-state index >= 15 is 0 Å². The van der Waals surface area contributed by atoms with Gasteiger partial charge in [0.05, 0.1) is 5.71 Å². The van der Waals surface area contributed by atoms with Crippen LogP contribution in [0.5, 0.6) is 5.88 Å². The summed E-state index contributed by atoms with van der Waals surface area (Å²) < 4.78 is 5.62. The molecule has 2 heterocycles. The van der Waals surface area contributed by atoms with Crippen LogP contribution >= 0.6 is 0 Å². The summed E-state index contributed by atoms with van der Waals surface area (Å²) in [5.74, 6) is 0.776. The van der Waals surface area contributed by atoms with Crippen LogP contribution in [0, 0.1) is 0 Å². The molecule has 114 valence electrons. The minimum atomic E-state index is 0.335. The summed E-state index contributed by atoms with van der Waals surface area (Å²) in [5.41, 5.74) is 9.40. The van der Waals surface area contributed by atoms with Crippen molar-refractivity contribution in [1.82, 2.24) is 9.97 Å². The molecule has 0 fully saturated rings. The summed E-state index contributed by atoms with van der Waals surface area (Å²) in [4.78, 5) is 14.8. The fourth-order valence-corrected chi connectivity index (χ4v) is 2.49. The highest BCUT2D eigenvalue weighted by atomic mass is 16.5. The second-order valence-electron chi connectivity index (χ2n) is 4.98. The molecule has 0 radical (unpaired) electrons. The molecular weight excluding hydrogens is 278 g/mol. The van der Waals surface area contributed by atoms with E-state index in [0.717, 1.165) is 24.4 Å². The van der Waals surface area contributed by atoms with Crippen LogP contribution in [0.25, 0.3) is 0 Å². The number of nitrogens with two attached hydrogens (primary N) is 1. The van der Waals surface area contributed by atoms with Gasteiger partial charge in [-0.2, -0.15) is 4.98 Å². The molecule has 1 aromatic carbocycles. The van der Waals surface area contributed by atoms with E-state index < -0.39 is 0 Å². The third kappa shape index (κ3) is 2.59. The molecule has 0 saturated carbocycles. The first-order chi connectivity index (χ1) is 10.7. The molecular formula is C16H19N5O. The van der Waals surface area contributed by atoms with Gasteiger partial charge in [0.15, 0.2) is 11.5 Å². The number of nitrogens with zero attached hydrogens (tertiary/aromatic N) is 4. The van der Waals surface area contributed by atoms with Gasteiger partial charge in [0.1, 0.15) is 12.9 Å². The number of benzene rings is 1. The molecule has 6 nitrogen and oxygen atoms in total. The Balaban J connectivity index is 1.91. The van der Waals surface area contributed by atoms with Gasteiger partial charge in [-0.15, -0.1) is 0 Å². The summed E-state index contributed by atoms with van der Waals surface area (Å²) in [6, 6.07) is 8.32. The summed E-state index contributed by atoms with van der Waals surface area (Å²) >= 11 is 0. The SMILES string of the molecule is CCN(CC)c1ccc(C2=Nc3c(N)ncnc3OC2)cc1. The third-order valence-electron chi connectivity index (χ3n) is 3.74. The van der Waals surface area contributed by atoms with Crippen molar-refractivity contribution in [2.45, 2.75) is 13.8 Å². The maximum atomic E-state index is 5.84. The Morgan fingerprint density at radius 1 is 1.14 bits per heavy atom. The Labute approximate surface area is 129 Å². The van der Waals surface area contributed by atoms with Crippen molar-refractivity contribution in [3.8, 4) is 5.88 Å². The van der Waals surface area contributed by atoms with E-state index in [1.807, 2.05) is 0 Å². The van der Waals surface area contributed by atoms with E-state index in [1.54, 1.807) is 0 Å². The maximum Gasteiger partial charge on any atom is 0.245 e. The van der Waals surface area contributed by atoms with Crippen LogP contribution in [-0.4, -0.2) is 35.4 Å². The second kappa shape index (κ2) is 6.01. The Morgan fingerprint density at radius 2 is 1.86 bits per heavy atom. The Bertz CT molecular complexity index is 692. The minimum absolute atomic E-state index is 0.335. The van der Waals surface area contributed by atoms with E-state index in [2.05, 4.69) is 58.0 Å². The first kappa shape index (κ1) is 14.3. The summed E-state index contributed by atoms with van der Waals surface area (Å²) in [6.45, 7) is 6.66. The molecule has 1 aliphatic heterocycles. The normalized spacial score (nSPS) is 13.1. The molecule has 6 heteroatoms. The van der Waals surface area contributed by atoms with Crippen LogP contribution in [0.2, 0.25) is 0 Å². The number of fused-ring (bicyclic) bond motifs is 1. The number of hydrogen-bond donors (Lipinski definition) is 1. The van der Waals surface area contributed by atoms with Gasteiger partial charge < -0.3 is 15.4 Å². The fraction of sp³-hybridized carbons (Fsp3) is 0.312. The molecule has 22 heavy (non-hydrogen) atoms. The first-order valence-electron chi connectivity index (χ1n) is 7.39. The number of anilines is 2. The zero-order valence-corrected chi connectivity index (χ0v) is 12.8. The highest BCUT2D eigenvalue weighted by molar-refractivity contribution is 6.05. The summed E-state index contributed by atoms with van der Waals surface area (Å²) in [6.07, 6.45) is 1.38. The molecule has 0 amide bonds. The Kier molecular flexibility index (Phi) is 3.91. The minimum Gasteiger partial charge on any atom is -0.469 e. The number of ether oxygens (including phenoxy) is 1. The fourth-order valence-electron chi connectivity index (χ4n) is 2.49. The largest absolute Gasteiger partial charge is 0.469 e. The molecule has 1 aliphatic rings. The van der Waals surface area contributed by atoms with E-state index in [4.69, 9.17) is 10.5 Å². The predicted octanol–water partition coefficient (Wildman–Crippen LogP) is 2.42. The van der Waals surface area contributed by atoms with Crippen molar-refractivity contribution in [2.75, 3.05) is 30.3 Å². The number of rotatable bonds is 4. The molecule has 2 aromatic rings. The van der Waals surface area contributed by atoms with Crippen LogP contribution in [0.3, 0.4) is 0 Å². The first-order valence-corrected chi connectivity index (χ1v) is 7.39. The van der Waals surface area contributed by atoms with Crippen LogP contribution in [0.4, 0.5) is 17.2 Å². The monoisotopic (exact) mass is 297 g/mol. The quantitative estimate of drug-likeness (QED) is 0.937. The van der Waals surface area contributed by atoms with Gasteiger partial charge in [-0.1, -0.05) is 12.1 Å². The number of hydrogen-bond acceptors (Lipinski definition) is 6. The van der Waals surface area contributed by atoms with E-state index in [1.165, 1.54) is 12.0 Å². The smallest absolute Gasteiger partial charge is 0.245 e. The lowest BCUT2D eigenvalue weighted by Crippen LogP contribution is -2.22. The number of nitrogen functional groups attached to an aromatic ring is 1. The van der Waals surface area contributed by atoms with Gasteiger partial charge >= 0.3 is 0 Å². The standard InChI is InChI=1S/C16H19N5O/c1-3-21(4-2)12-7-5-11(6-8-12)13-9-22-16-14(20-13)15(17)18-10-19-16/h5-8,10H,3-4,9H2,1-2H3,(H2,17,18,19). The van der Waals surface area contributed by atoms with Gasteiger partial charge in [-0.25, -0.2) is 9.98 Å². The van der Waals surface area contributed by atoms with Gasteiger partial charge in [0.25, 0.3) is 0 Å². The highest BCUT2D eigenvalue weighted by Crippen LogP contribution is 2.33. The van der Waals surface area contributed by atoms with Crippen molar-refractivity contribution in [1.29, 1.82) is 0 Å². The summed E-state index contributed by atoms with van der Waals surface area (Å²) in [7, 11) is 0. The zero-order valence-electron chi connectivity index (χ0n) is 12.8. The van der Waals surface area contributed by atoms with Crippen molar-refractivity contribution in [3.63, 3.8) is 0 Å². The molecule has 0 unspecified atom stereocenters. The second-order valence-corrected chi connectivity index (χ2v) is 4.98. The van der Waals surface area contributed by atoms with E-state index in [9.17, 15) is 0 Å². The average molecular weight is 297 g/mol. The lowest BCUT2D eigenvalue weighted by atomic mass is 10.1. The van der Waals surface area contributed by atoms with Crippen molar-refractivity contribution in [3.05, 3.63) is 36.2 Å². The van der Waals surface area contributed by atoms with Crippen molar-refractivity contribution in [2.24, 2.45) is 4.99 Å². The summed E-state index contributed by atoms with van der Waals surface area (Å²) in [5, 5.41) is 0. The Morgan fingerprint density at radius 3 is 2.55 bits per heavy atom. The van der Waals surface area contributed by atoms with Crippen LogP contribution < -0.4 is 15.4 Å². The molecule has 0 bridgehead atoms. The van der Waals surface area contributed by atoms with Crippen LogP contribution in [0.1, 0.15) is 19.4 Å². The molecule has 2 N–H and O–H groups in total. The van der Waals surface area contributed by atoms with Crippen LogP contribution in [0.15, 0.2) is 35.6 Å². The van der Waals surface area contributed by atoms with Crippen LogP contribution in [-0.2, 0) is 0 Å². The van der Waals surface area contributed by atoms with E-state index in [0.29, 0.717) is 24.0 Å².